The molecule has 6 heteroatoms. The van der Waals surface area contributed by atoms with E-state index >= 15 is 0 Å². The van der Waals surface area contributed by atoms with Gasteiger partial charge in [0, 0.05) is 25.0 Å². The van der Waals surface area contributed by atoms with E-state index in [1.54, 1.807) is 0 Å². The molecule has 1 N–H and O–H groups in total. The molecular formula is C23H28N2O3S. The van der Waals surface area contributed by atoms with Crippen LogP contribution in [0.5, 0.6) is 0 Å². The molecule has 1 heterocycles. The molecule has 3 atom stereocenters. The lowest BCUT2D eigenvalue weighted by Crippen LogP contribution is -2.49. The second-order valence-electron chi connectivity index (χ2n) is 8.36. The van der Waals surface area contributed by atoms with Crippen LogP contribution in [0, 0.1) is 12.8 Å². The van der Waals surface area contributed by atoms with E-state index < -0.39 is 10.0 Å². The number of nitrogens with zero attached hydrogens (tertiary/aromatic N) is 1. The largest absolute Gasteiger partial charge is 0.341 e. The number of nitrogens with one attached hydrogen (secondary N) is 1. The summed E-state index contributed by atoms with van der Waals surface area (Å²) in [5, 5.41) is 0. The van der Waals surface area contributed by atoms with Crippen LogP contribution in [-0.4, -0.2) is 44.6 Å². The second kappa shape index (κ2) is 7.92. The van der Waals surface area contributed by atoms with E-state index in [1.807, 2.05) is 17.0 Å². The van der Waals surface area contributed by atoms with Crippen molar-refractivity contribution in [2.75, 3.05) is 19.3 Å². The summed E-state index contributed by atoms with van der Waals surface area (Å²) in [4.78, 5) is 15.0. The Morgan fingerprint density at radius 2 is 1.76 bits per heavy atom. The highest BCUT2D eigenvalue weighted by Crippen LogP contribution is 2.51. The first-order chi connectivity index (χ1) is 13.8. The smallest absolute Gasteiger partial charge is 0.226 e. The predicted molar refractivity (Wildman–Crippen MR) is 115 cm³/mol. The quantitative estimate of drug-likeness (QED) is 0.819. The fourth-order valence-corrected chi connectivity index (χ4v) is 5.36. The van der Waals surface area contributed by atoms with Gasteiger partial charge >= 0.3 is 0 Å². The van der Waals surface area contributed by atoms with Crippen LogP contribution in [0.15, 0.2) is 48.5 Å². The molecular weight excluding hydrogens is 384 g/mol. The van der Waals surface area contributed by atoms with Crippen molar-refractivity contribution >= 4 is 15.9 Å². The maximum Gasteiger partial charge on any atom is 0.226 e. The van der Waals surface area contributed by atoms with E-state index in [4.69, 9.17) is 0 Å². The highest BCUT2D eigenvalue weighted by Gasteiger charge is 2.47. The zero-order chi connectivity index (χ0) is 20.6. The molecule has 1 amide bonds. The van der Waals surface area contributed by atoms with E-state index in [0.29, 0.717) is 13.1 Å². The molecule has 1 saturated carbocycles. The summed E-state index contributed by atoms with van der Waals surface area (Å²) >= 11 is 0. The van der Waals surface area contributed by atoms with Crippen molar-refractivity contribution in [2.45, 2.75) is 38.1 Å². The van der Waals surface area contributed by atoms with Gasteiger partial charge in [-0.2, -0.15) is 0 Å². The Balaban J connectivity index is 1.49. The molecule has 4 rings (SSSR count). The van der Waals surface area contributed by atoms with Crippen LogP contribution >= 0.6 is 0 Å². The molecule has 0 unspecified atom stereocenters. The van der Waals surface area contributed by atoms with Gasteiger partial charge in [-0.05, 0) is 54.4 Å². The normalized spacial score (nSPS) is 24.3. The number of hydrogen-bond donors (Lipinski definition) is 1. The summed E-state index contributed by atoms with van der Waals surface area (Å²) < 4.78 is 25.7. The first-order valence-electron chi connectivity index (χ1n) is 10.2. The summed E-state index contributed by atoms with van der Waals surface area (Å²) in [5.41, 5.74) is 4.90. The van der Waals surface area contributed by atoms with Gasteiger partial charge in [-0.1, -0.05) is 48.5 Å². The van der Waals surface area contributed by atoms with E-state index in [9.17, 15) is 13.2 Å². The zero-order valence-corrected chi connectivity index (χ0v) is 17.8. The van der Waals surface area contributed by atoms with Gasteiger partial charge in [0.05, 0.1) is 6.26 Å². The number of rotatable bonds is 5. The van der Waals surface area contributed by atoms with Gasteiger partial charge in [-0.3, -0.25) is 4.79 Å². The number of likely N-dealkylation sites (tertiary alicyclic amines) is 1. The lowest BCUT2D eigenvalue weighted by atomic mass is 9.93. The Hall–Kier alpha value is -2.18. The van der Waals surface area contributed by atoms with Crippen LogP contribution in [0.2, 0.25) is 0 Å². The fraction of sp³-hybridized carbons (Fsp3) is 0.435. The predicted octanol–water partition coefficient (Wildman–Crippen LogP) is 3.31. The lowest BCUT2D eigenvalue weighted by molar-refractivity contribution is -0.133. The molecule has 0 bridgehead atoms. The highest BCUT2D eigenvalue weighted by atomic mass is 32.2. The third-order valence-corrected chi connectivity index (χ3v) is 6.78. The van der Waals surface area contributed by atoms with Crippen LogP contribution in [0.4, 0.5) is 0 Å². The number of sulfonamides is 1. The molecule has 5 nitrogen and oxygen atoms in total. The number of amides is 1. The van der Waals surface area contributed by atoms with Crippen molar-refractivity contribution in [1.29, 1.82) is 0 Å². The third-order valence-electron chi connectivity index (χ3n) is 6.02. The van der Waals surface area contributed by atoms with Gasteiger partial charge < -0.3 is 4.90 Å². The van der Waals surface area contributed by atoms with Crippen molar-refractivity contribution in [3.8, 4) is 11.1 Å². The van der Waals surface area contributed by atoms with Gasteiger partial charge in [0.2, 0.25) is 15.9 Å². The maximum absolute atomic E-state index is 13.1. The minimum absolute atomic E-state index is 0.00264. The number of aryl methyl sites for hydroxylation is 1. The number of hydrogen-bond acceptors (Lipinski definition) is 3. The van der Waals surface area contributed by atoms with Crippen molar-refractivity contribution in [1.82, 2.24) is 9.62 Å². The first-order valence-corrected chi connectivity index (χ1v) is 12.1. The van der Waals surface area contributed by atoms with E-state index in [1.165, 1.54) is 28.5 Å². The zero-order valence-electron chi connectivity index (χ0n) is 17.0. The van der Waals surface area contributed by atoms with Gasteiger partial charge in [0.25, 0.3) is 0 Å². The first kappa shape index (κ1) is 20.1. The summed E-state index contributed by atoms with van der Waals surface area (Å²) in [6.07, 6.45) is 3.65. The van der Waals surface area contributed by atoms with Crippen molar-refractivity contribution in [3.63, 3.8) is 0 Å². The van der Waals surface area contributed by atoms with Gasteiger partial charge in [0.15, 0.2) is 0 Å². The highest BCUT2D eigenvalue weighted by molar-refractivity contribution is 7.88. The van der Waals surface area contributed by atoms with Crippen LogP contribution in [0.25, 0.3) is 11.1 Å². The molecule has 2 aromatic rings. The summed E-state index contributed by atoms with van der Waals surface area (Å²) in [6.45, 7) is 3.29. The Kier molecular flexibility index (Phi) is 5.49. The van der Waals surface area contributed by atoms with Crippen LogP contribution in [0.3, 0.4) is 0 Å². The summed E-state index contributed by atoms with van der Waals surface area (Å²) in [6, 6.07) is 16.6. The van der Waals surface area contributed by atoms with Gasteiger partial charge in [-0.25, -0.2) is 13.1 Å². The fourth-order valence-electron chi connectivity index (χ4n) is 4.56. The van der Waals surface area contributed by atoms with Crippen molar-refractivity contribution < 1.29 is 13.2 Å². The molecule has 154 valence electrons. The number of carbonyl (C=O) groups is 1. The Morgan fingerprint density at radius 3 is 2.48 bits per heavy atom. The minimum Gasteiger partial charge on any atom is -0.341 e. The molecule has 29 heavy (non-hydrogen) atoms. The molecule has 2 aromatic carbocycles. The average molecular weight is 413 g/mol. The lowest BCUT2D eigenvalue weighted by Gasteiger charge is -2.33. The molecule has 1 aliphatic heterocycles. The number of carbonyl (C=O) groups excluding carboxylic acids is 1. The Morgan fingerprint density at radius 1 is 1.07 bits per heavy atom. The van der Waals surface area contributed by atoms with Crippen LogP contribution < -0.4 is 4.72 Å². The second-order valence-corrected chi connectivity index (χ2v) is 10.1. The minimum atomic E-state index is -3.26. The molecule has 1 saturated heterocycles. The molecule has 0 spiro atoms. The monoisotopic (exact) mass is 412 g/mol. The molecule has 0 radical (unpaired) electrons. The molecule has 0 aromatic heterocycles. The molecule has 1 aliphatic carbocycles. The third kappa shape index (κ3) is 4.54. The Bertz CT molecular complexity index is 1020. The van der Waals surface area contributed by atoms with E-state index in [2.05, 4.69) is 48.0 Å². The topological polar surface area (TPSA) is 66.5 Å². The van der Waals surface area contributed by atoms with E-state index in [-0.39, 0.29) is 23.8 Å². The maximum atomic E-state index is 13.1. The Labute approximate surface area is 173 Å². The average Bonchev–Trinajstić information content (AvgIpc) is 3.47. The van der Waals surface area contributed by atoms with E-state index in [0.717, 1.165) is 19.3 Å². The number of piperidine rings is 1. The summed E-state index contributed by atoms with van der Waals surface area (Å²) in [5.74, 6) is 0.397. The van der Waals surface area contributed by atoms with Crippen LogP contribution in [-0.2, 0) is 14.8 Å². The molecule has 2 fully saturated rings. The van der Waals surface area contributed by atoms with Crippen molar-refractivity contribution in [3.05, 3.63) is 59.7 Å². The summed E-state index contributed by atoms with van der Waals surface area (Å²) in [7, 11) is -3.26. The molecule has 2 aliphatic rings. The standard InChI is InChI=1S/C23H28N2O3S/c1-16-8-3-4-10-18(16)19-11-5-6-12-20(19)21-14-22(21)23(26)25-13-7-9-17(15-25)24-29(2,27)28/h3-6,8,10-12,17,21-22,24H,7,9,13-15H2,1-2H3/t17-,21-,22+/m0/s1. The van der Waals surface area contributed by atoms with Crippen LogP contribution in [0.1, 0.15) is 36.3 Å². The van der Waals surface area contributed by atoms with Gasteiger partial charge in [-0.15, -0.1) is 0 Å². The van der Waals surface area contributed by atoms with Gasteiger partial charge in [0.1, 0.15) is 0 Å². The van der Waals surface area contributed by atoms with Crippen molar-refractivity contribution in [2.24, 2.45) is 5.92 Å². The SMILES string of the molecule is Cc1ccccc1-c1ccccc1[C@@H]1C[C@H]1C(=O)N1CCC[C@H](NS(C)(=O)=O)C1. The number of benzene rings is 2.